The van der Waals surface area contributed by atoms with Gasteiger partial charge in [-0.25, -0.2) is 0 Å². The Morgan fingerprint density at radius 2 is 2.21 bits per heavy atom. The van der Waals surface area contributed by atoms with E-state index >= 15 is 0 Å². The van der Waals surface area contributed by atoms with Crippen molar-refractivity contribution in [2.24, 2.45) is 5.73 Å². The molecule has 1 heterocycles. The minimum Gasteiger partial charge on any atom is -0.382 e. The van der Waals surface area contributed by atoms with Crippen LogP contribution in [-0.2, 0) is 4.74 Å². The summed E-state index contributed by atoms with van der Waals surface area (Å²) in [5, 5.41) is 0. The van der Waals surface area contributed by atoms with Gasteiger partial charge in [-0.3, -0.25) is 4.98 Å². The second-order valence-electron chi connectivity index (χ2n) is 3.62. The Bertz CT molecular complexity index is 271. The van der Waals surface area contributed by atoms with Crippen molar-refractivity contribution in [3.05, 3.63) is 29.6 Å². The van der Waals surface area contributed by atoms with Crippen molar-refractivity contribution in [3.8, 4) is 0 Å². The monoisotopic (exact) mass is 194 g/mol. The van der Waals surface area contributed by atoms with Gasteiger partial charge in [0, 0.05) is 25.0 Å². The predicted octanol–water partition coefficient (Wildman–Crippen LogP) is 1.81. The summed E-state index contributed by atoms with van der Waals surface area (Å²) >= 11 is 0. The fraction of sp³-hybridized carbons (Fsp3) is 0.545. The van der Waals surface area contributed by atoms with Crippen LogP contribution in [0.25, 0.3) is 0 Å². The number of ether oxygens (including phenoxy) is 1. The molecule has 0 aliphatic carbocycles. The number of hydrogen-bond donors (Lipinski definition) is 1. The molecule has 0 spiro atoms. The first-order valence-electron chi connectivity index (χ1n) is 4.84. The Morgan fingerprint density at radius 3 is 2.71 bits per heavy atom. The number of aromatic nitrogens is 1. The summed E-state index contributed by atoms with van der Waals surface area (Å²) in [5.74, 6) is 0. The Morgan fingerprint density at radius 1 is 1.50 bits per heavy atom. The van der Waals surface area contributed by atoms with Gasteiger partial charge in [-0.15, -0.1) is 0 Å². The van der Waals surface area contributed by atoms with Crippen LogP contribution in [0.1, 0.15) is 30.6 Å². The van der Waals surface area contributed by atoms with E-state index in [2.05, 4.69) is 4.98 Å². The number of nitrogens with zero attached hydrogens (tertiary/aromatic N) is 1. The second kappa shape index (κ2) is 5.08. The molecule has 1 aromatic rings. The molecule has 2 unspecified atom stereocenters. The van der Waals surface area contributed by atoms with E-state index < -0.39 is 0 Å². The molecule has 0 aliphatic rings. The van der Waals surface area contributed by atoms with Crippen LogP contribution in [0, 0.1) is 6.92 Å². The van der Waals surface area contributed by atoms with Crippen LogP contribution in [0.5, 0.6) is 0 Å². The first kappa shape index (κ1) is 11.1. The molecule has 0 saturated heterocycles. The Labute approximate surface area is 85.3 Å². The molecule has 78 valence electrons. The zero-order valence-electron chi connectivity index (χ0n) is 9.03. The van der Waals surface area contributed by atoms with E-state index in [0.717, 1.165) is 17.7 Å². The van der Waals surface area contributed by atoms with Gasteiger partial charge in [-0.05, 0) is 31.9 Å². The fourth-order valence-electron chi connectivity index (χ4n) is 1.29. The third-order valence-electron chi connectivity index (χ3n) is 2.35. The lowest BCUT2D eigenvalue weighted by atomic mass is 10.0. The molecule has 14 heavy (non-hydrogen) atoms. The molecule has 2 N–H and O–H groups in total. The highest BCUT2D eigenvalue weighted by molar-refractivity contribution is 5.16. The van der Waals surface area contributed by atoms with Crippen molar-refractivity contribution in [2.45, 2.75) is 32.4 Å². The van der Waals surface area contributed by atoms with E-state index in [0.29, 0.717) is 0 Å². The van der Waals surface area contributed by atoms with E-state index in [-0.39, 0.29) is 12.1 Å². The smallest absolute Gasteiger partial charge is 0.0561 e. The topological polar surface area (TPSA) is 48.1 Å². The quantitative estimate of drug-likeness (QED) is 0.795. The summed E-state index contributed by atoms with van der Waals surface area (Å²) < 4.78 is 5.17. The van der Waals surface area contributed by atoms with Gasteiger partial charge in [0.05, 0.1) is 6.10 Å². The van der Waals surface area contributed by atoms with Gasteiger partial charge in [-0.2, -0.15) is 0 Å². The van der Waals surface area contributed by atoms with Crippen molar-refractivity contribution in [1.82, 2.24) is 4.98 Å². The maximum absolute atomic E-state index is 6.00. The minimum atomic E-state index is 0.0121. The SMILES string of the molecule is COC(C)CC(N)c1ccc(C)nc1. The molecule has 0 bridgehead atoms. The average Bonchev–Trinajstić information content (AvgIpc) is 2.18. The third kappa shape index (κ3) is 3.09. The molecule has 0 aliphatic heterocycles. The Kier molecular flexibility index (Phi) is 4.04. The summed E-state index contributed by atoms with van der Waals surface area (Å²) in [6.45, 7) is 3.98. The first-order valence-corrected chi connectivity index (χ1v) is 4.84. The molecule has 0 fully saturated rings. The van der Waals surface area contributed by atoms with Gasteiger partial charge < -0.3 is 10.5 Å². The van der Waals surface area contributed by atoms with Gasteiger partial charge in [0.2, 0.25) is 0 Å². The van der Waals surface area contributed by atoms with Crippen LogP contribution >= 0.6 is 0 Å². The number of aryl methyl sites for hydroxylation is 1. The van der Waals surface area contributed by atoms with E-state index in [1.165, 1.54) is 0 Å². The minimum absolute atomic E-state index is 0.0121. The molecular formula is C11H18N2O. The Balaban J connectivity index is 2.60. The second-order valence-corrected chi connectivity index (χ2v) is 3.62. The molecule has 1 rings (SSSR count). The number of pyridine rings is 1. The summed E-state index contributed by atoms with van der Waals surface area (Å²) in [4.78, 5) is 4.21. The van der Waals surface area contributed by atoms with E-state index in [1.54, 1.807) is 7.11 Å². The number of methoxy groups -OCH3 is 1. The van der Waals surface area contributed by atoms with Gasteiger partial charge in [-0.1, -0.05) is 6.07 Å². The molecular weight excluding hydrogens is 176 g/mol. The molecule has 0 saturated carbocycles. The lowest BCUT2D eigenvalue weighted by molar-refractivity contribution is 0.104. The van der Waals surface area contributed by atoms with Gasteiger partial charge in [0.15, 0.2) is 0 Å². The molecule has 0 radical (unpaired) electrons. The average molecular weight is 194 g/mol. The fourth-order valence-corrected chi connectivity index (χ4v) is 1.29. The highest BCUT2D eigenvalue weighted by Gasteiger charge is 2.10. The standard InChI is InChI=1S/C11H18N2O/c1-8-4-5-10(7-13-8)11(12)6-9(2)14-3/h4-5,7,9,11H,6,12H2,1-3H3. The van der Waals surface area contributed by atoms with E-state index in [1.807, 2.05) is 32.2 Å². The molecule has 2 atom stereocenters. The maximum atomic E-state index is 6.00. The third-order valence-corrected chi connectivity index (χ3v) is 2.35. The summed E-state index contributed by atoms with van der Waals surface area (Å²) in [6.07, 6.45) is 2.84. The van der Waals surface area contributed by atoms with Crippen LogP contribution < -0.4 is 5.73 Å². The summed E-state index contributed by atoms with van der Waals surface area (Å²) in [7, 11) is 1.70. The molecule has 0 amide bonds. The predicted molar refractivity (Wildman–Crippen MR) is 57.0 cm³/mol. The largest absolute Gasteiger partial charge is 0.382 e. The maximum Gasteiger partial charge on any atom is 0.0561 e. The van der Waals surface area contributed by atoms with Crippen molar-refractivity contribution in [2.75, 3.05) is 7.11 Å². The molecule has 3 heteroatoms. The van der Waals surface area contributed by atoms with Crippen molar-refractivity contribution < 1.29 is 4.74 Å². The van der Waals surface area contributed by atoms with Crippen molar-refractivity contribution >= 4 is 0 Å². The number of hydrogen-bond acceptors (Lipinski definition) is 3. The van der Waals surface area contributed by atoms with Crippen LogP contribution in [-0.4, -0.2) is 18.2 Å². The van der Waals surface area contributed by atoms with Crippen LogP contribution in [0.15, 0.2) is 18.3 Å². The van der Waals surface area contributed by atoms with Crippen LogP contribution in [0.3, 0.4) is 0 Å². The highest BCUT2D eigenvalue weighted by atomic mass is 16.5. The van der Waals surface area contributed by atoms with Crippen molar-refractivity contribution in [1.29, 1.82) is 0 Å². The van der Waals surface area contributed by atoms with Gasteiger partial charge >= 0.3 is 0 Å². The van der Waals surface area contributed by atoms with Crippen LogP contribution in [0.2, 0.25) is 0 Å². The zero-order valence-corrected chi connectivity index (χ0v) is 9.03. The lowest BCUT2D eigenvalue weighted by Gasteiger charge is -2.16. The molecule has 1 aromatic heterocycles. The van der Waals surface area contributed by atoms with E-state index in [9.17, 15) is 0 Å². The lowest BCUT2D eigenvalue weighted by Crippen LogP contribution is -2.18. The number of rotatable bonds is 4. The normalized spacial score (nSPS) is 15.1. The molecule has 0 aromatic carbocycles. The summed E-state index contributed by atoms with van der Waals surface area (Å²) in [5.41, 5.74) is 8.09. The number of nitrogens with two attached hydrogens (primary N) is 1. The zero-order chi connectivity index (χ0) is 10.6. The summed E-state index contributed by atoms with van der Waals surface area (Å²) in [6, 6.07) is 4.01. The van der Waals surface area contributed by atoms with Crippen molar-refractivity contribution in [3.63, 3.8) is 0 Å². The van der Waals surface area contributed by atoms with Gasteiger partial charge in [0.1, 0.15) is 0 Å². The van der Waals surface area contributed by atoms with Crippen LogP contribution in [0.4, 0.5) is 0 Å². The van der Waals surface area contributed by atoms with Gasteiger partial charge in [0.25, 0.3) is 0 Å². The Hall–Kier alpha value is -0.930. The molecule has 3 nitrogen and oxygen atoms in total. The highest BCUT2D eigenvalue weighted by Crippen LogP contribution is 2.15. The first-order chi connectivity index (χ1) is 6.63. The van der Waals surface area contributed by atoms with E-state index in [4.69, 9.17) is 10.5 Å².